The molecule has 0 aromatic carbocycles. The summed E-state index contributed by atoms with van der Waals surface area (Å²) in [4.78, 5) is 18.0. The number of amides is 1. The van der Waals surface area contributed by atoms with Crippen LogP contribution in [0.4, 0.5) is 5.82 Å². The smallest absolute Gasteiger partial charge is 0.230 e. The molecule has 1 unspecified atom stereocenters. The van der Waals surface area contributed by atoms with Gasteiger partial charge in [-0.15, -0.1) is 0 Å². The summed E-state index contributed by atoms with van der Waals surface area (Å²) in [5, 5.41) is 11.7. The quantitative estimate of drug-likeness (QED) is 0.839. The number of rotatable bonds is 3. The van der Waals surface area contributed by atoms with Crippen LogP contribution in [0.5, 0.6) is 0 Å². The Labute approximate surface area is 123 Å². The van der Waals surface area contributed by atoms with Gasteiger partial charge < -0.3 is 19.5 Å². The standard InChI is InChI=1S/C14H19N5O2/c15-9-18-4-1-11(7-18)14(20)17-13-8-19(10-16-13)12-2-5-21-6-3-12/h8,10-12H,1-7H2,(H,17,20). The Bertz CT molecular complexity index is 544. The van der Waals surface area contributed by atoms with E-state index in [0.29, 0.717) is 24.9 Å². The van der Waals surface area contributed by atoms with Crippen molar-refractivity contribution in [3.63, 3.8) is 0 Å². The summed E-state index contributed by atoms with van der Waals surface area (Å²) in [7, 11) is 0. The molecular formula is C14H19N5O2. The molecule has 3 rings (SSSR count). The summed E-state index contributed by atoms with van der Waals surface area (Å²) < 4.78 is 7.40. The zero-order valence-corrected chi connectivity index (χ0v) is 11.9. The minimum Gasteiger partial charge on any atom is -0.381 e. The van der Waals surface area contributed by atoms with Gasteiger partial charge in [0.2, 0.25) is 5.91 Å². The highest BCUT2D eigenvalue weighted by atomic mass is 16.5. The van der Waals surface area contributed by atoms with E-state index in [1.807, 2.05) is 10.8 Å². The van der Waals surface area contributed by atoms with Gasteiger partial charge in [0.15, 0.2) is 12.0 Å². The van der Waals surface area contributed by atoms with Crippen molar-refractivity contribution in [2.45, 2.75) is 25.3 Å². The Morgan fingerprint density at radius 2 is 2.24 bits per heavy atom. The van der Waals surface area contributed by atoms with Gasteiger partial charge in [0.05, 0.1) is 12.2 Å². The molecule has 0 aliphatic carbocycles. The number of nitrogens with zero attached hydrogens (tertiary/aromatic N) is 4. The molecule has 2 saturated heterocycles. The maximum Gasteiger partial charge on any atom is 0.230 e. The van der Waals surface area contributed by atoms with Gasteiger partial charge in [-0.3, -0.25) is 4.79 Å². The Hall–Kier alpha value is -2.07. The van der Waals surface area contributed by atoms with Crippen LogP contribution in [0.3, 0.4) is 0 Å². The van der Waals surface area contributed by atoms with Crippen LogP contribution < -0.4 is 5.32 Å². The molecule has 2 aliphatic heterocycles. The van der Waals surface area contributed by atoms with Gasteiger partial charge in [-0.25, -0.2) is 4.98 Å². The topological polar surface area (TPSA) is 83.2 Å². The summed E-state index contributed by atoms with van der Waals surface area (Å²) in [5.41, 5.74) is 0. The fraction of sp³-hybridized carbons (Fsp3) is 0.643. The molecule has 2 fully saturated rings. The lowest BCUT2D eigenvalue weighted by Gasteiger charge is -2.22. The lowest BCUT2D eigenvalue weighted by Crippen LogP contribution is -2.25. The number of hydrogen-bond donors (Lipinski definition) is 1. The maximum atomic E-state index is 12.1. The Morgan fingerprint density at radius 3 is 2.95 bits per heavy atom. The highest BCUT2D eigenvalue weighted by Crippen LogP contribution is 2.22. The summed E-state index contributed by atoms with van der Waals surface area (Å²) in [5.74, 6) is 0.407. The second-order valence-corrected chi connectivity index (χ2v) is 5.57. The molecule has 1 aromatic heterocycles. The predicted octanol–water partition coefficient (Wildman–Crippen LogP) is 0.976. The number of hydrogen-bond acceptors (Lipinski definition) is 5. The summed E-state index contributed by atoms with van der Waals surface area (Å²) in [6, 6.07) is 0.400. The van der Waals surface area contributed by atoms with Crippen LogP contribution in [-0.2, 0) is 9.53 Å². The van der Waals surface area contributed by atoms with Crippen LogP contribution in [0, 0.1) is 17.4 Å². The van der Waals surface area contributed by atoms with Crippen LogP contribution >= 0.6 is 0 Å². The van der Waals surface area contributed by atoms with Crippen molar-refractivity contribution in [2.24, 2.45) is 5.92 Å². The van der Waals surface area contributed by atoms with E-state index in [0.717, 1.165) is 32.5 Å². The zero-order valence-electron chi connectivity index (χ0n) is 11.9. The number of carbonyl (C=O) groups excluding carboxylic acids is 1. The van der Waals surface area contributed by atoms with Crippen molar-refractivity contribution in [1.29, 1.82) is 5.26 Å². The highest BCUT2D eigenvalue weighted by Gasteiger charge is 2.28. The van der Waals surface area contributed by atoms with Gasteiger partial charge in [-0.2, -0.15) is 5.26 Å². The van der Waals surface area contributed by atoms with Gasteiger partial charge in [0, 0.05) is 38.5 Å². The largest absolute Gasteiger partial charge is 0.381 e. The molecule has 0 bridgehead atoms. The fourth-order valence-corrected chi connectivity index (χ4v) is 2.88. The zero-order chi connectivity index (χ0) is 14.7. The molecule has 1 atom stereocenters. The number of imidazole rings is 1. The Balaban J connectivity index is 1.57. The molecule has 1 N–H and O–H groups in total. The average molecular weight is 289 g/mol. The maximum absolute atomic E-state index is 12.1. The van der Waals surface area contributed by atoms with Crippen LogP contribution in [-0.4, -0.2) is 46.7 Å². The van der Waals surface area contributed by atoms with Crippen LogP contribution in [0.15, 0.2) is 12.5 Å². The molecule has 112 valence electrons. The van der Waals surface area contributed by atoms with Crippen molar-refractivity contribution in [3.05, 3.63) is 12.5 Å². The van der Waals surface area contributed by atoms with E-state index in [4.69, 9.17) is 10.00 Å². The number of anilines is 1. The van der Waals surface area contributed by atoms with Gasteiger partial charge >= 0.3 is 0 Å². The van der Waals surface area contributed by atoms with Crippen molar-refractivity contribution < 1.29 is 9.53 Å². The van der Waals surface area contributed by atoms with E-state index in [1.54, 1.807) is 11.2 Å². The molecule has 3 heterocycles. The predicted molar refractivity (Wildman–Crippen MR) is 75.2 cm³/mol. The van der Waals surface area contributed by atoms with Crippen LogP contribution in [0.1, 0.15) is 25.3 Å². The minimum absolute atomic E-state index is 0.0509. The molecule has 7 heteroatoms. The second-order valence-electron chi connectivity index (χ2n) is 5.57. The van der Waals surface area contributed by atoms with Crippen molar-refractivity contribution in [1.82, 2.24) is 14.5 Å². The van der Waals surface area contributed by atoms with E-state index in [9.17, 15) is 4.79 Å². The molecular weight excluding hydrogens is 270 g/mol. The van der Waals surface area contributed by atoms with Crippen LogP contribution in [0.2, 0.25) is 0 Å². The van der Waals surface area contributed by atoms with E-state index in [2.05, 4.69) is 16.5 Å². The normalized spacial score (nSPS) is 23.0. The summed E-state index contributed by atoms with van der Waals surface area (Å²) in [6.07, 6.45) is 8.40. The third-order valence-electron chi connectivity index (χ3n) is 4.17. The van der Waals surface area contributed by atoms with Gasteiger partial charge in [0.1, 0.15) is 0 Å². The molecule has 7 nitrogen and oxygen atoms in total. The fourth-order valence-electron chi connectivity index (χ4n) is 2.88. The molecule has 2 aliphatic rings. The number of nitrogens with one attached hydrogen (secondary N) is 1. The van der Waals surface area contributed by atoms with E-state index in [-0.39, 0.29) is 11.8 Å². The van der Waals surface area contributed by atoms with Crippen molar-refractivity contribution in [2.75, 3.05) is 31.6 Å². The third kappa shape index (κ3) is 3.16. The van der Waals surface area contributed by atoms with E-state index < -0.39 is 0 Å². The molecule has 21 heavy (non-hydrogen) atoms. The monoisotopic (exact) mass is 289 g/mol. The van der Waals surface area contributed by atoms with Gasteiger partial charge in [0.25, 0.3) is 0 Å². The van der Waals surface area contributed by atoms with Gasteiger partial charge in [-0.1, -0.05) is 0 Å². The highest BCUT2D eigenvalue weighted by molar-refractivity contribution is 5.91. The Kier molecular flexibility index (Phi) is 4.06. The van der Waals surface area contributed by atoms with E-state index in [1.165, 1.54) is 0 Å². The van der Waals surface area contributed by atoms with Crippen molar-refractivity contribution in [3.8, 4) is 6.19 Å². The SMILES string of the molecule is N#CN1CCC(C(=O)Nc2cn(C3CCOCC3)cn2)C1. The van der Waals surface area contributed by atoms with E-state index >= 15 is 0 Å². The summed E-state index contributed by atoms with van der Waals surface area (Å²) in [6.45, 7) is 2.71. The summed E-state index contributed by atoms with van der Waals surface area (Å²) >= 11 is 0. The van der Waals surface area contributed by atoms with Crippen molar-refractivity contribution >= 4 is 11.7 Å². The molecule has 0 radical (unpaired) electrons. The number of aromatic nitrogens is 2. The van der Waals surface area contributed by atoms with Crippen LogP contribution in [0.25, 0.3) is 0 Å². The lowest BCUT2D eigenvalue weighted by atomic mass is 10.1. The first-order valence-corrected chi connectivity index (χ1v) is 7.33. The lowest BCUT2D eigenvalue weighted by molar-refractivity contribution is -0.119. The number of nitriles is 1. The third-order valence-corrected chi connectivity index (χ3v) is 4.17. The first-order valence-electron chi connectivity index (χ1n) is 7.33. The first kappa shape index (κ1) is 13.9. The molecule has 0 saturated carbocycles. The molecule has 1 aromatic rings. The Morgan fingerprint density at radius 1 is 1.43 bits per heavy atom. The minimum atomic E-state index is -0.127. The second kappa shape index (κ2) is 6.14. The average Bonchev–Trinajstić information content (AvgIpc) is 3.17. The number of carbonyl (C=O) groups is 1. The van der Waals surface area contributed by atoms with Gasteiger partial charge in [-0.05, 0) is 19.3 Å². The molecule has 0 spiro atoms. The number of likely N-dealkylation sites (tertiary alicyclic amines) is 1. The first-order chi connectivity index (χ1) is 10.3. The number of ether oxygens (including phenoxy) is 1. The molecule has 1 amide bonds.